The van der Waals surface area contributed by atoms with Crippen LogP contribution in [0.25, 0.3) is 0 Å². The topological polar surface area (TPSA) is 99.0 Å². The Hall–Kier alpha value is -2.20. The van der Waals surface area contributed by atoms with Gasteiger partial charge < -0.3 is 9.47 Å². The van der Waals surface area contributed by atoms with Crippen LogP contribution in [0.15, 0.2) is 47.4 Å². The van der Waals surface area contributed by atoms with E-state index in [1.54, 1.807) is 18.2 Å². The third-order valence-corrected chi connectivity index (χ3v) is 5.90. The Bertz CT molecular complexity index is 928. The largest absolute Gasteiger partial charge is 0.456 e. The highest BCUT2D eigenvalue weighted by Crippen LogP contribution is 2.34. The molecule has 26 heavy (non-hydrogen) atoms. The molecule has 8 nitrogen and oxygen atoms in total. The van der Waals surface area contributed by atoms with E-state index in [4.69, 9.17) is 21.1 Å². The molecule has 0 amide bonds. The fourth-order valence-electron chi connectivity index (χ4n) is 2.48. The first-order chi connectivity index (χ1) is 12.4. The molecule has 0 atom stereocenters. The molecule has 0 bridgehead atoms. The quantitative estimate of drug-likeness (QED) is 0.567. The Morgan fingerprint density at radius 1 is 1.15 bits per heavy atom. The lowest BCUT2D eigenvalue weighted by atomic mass is 10.3. The molecule has 0 N–H and O–H groups in total. The molecule has 138 valence electrons. The molecule has 10 heteroatoms. The van der Waals surface area contributed by atoms with Gasteiger partial charge >= 0.3 is 0 Å². The number of morpholine rings is 1. The number of nitro groups is 1. The number of ether oxygens (including phenoxy) is 2. The summed E-state index contributed by atoms with van der Waals surface area (Å²) in [6.07, 6.45) is 0. The number of rotatable bonds is 5. The highest BCUT2D eigenvalue weighted by Gasteiger charge is 2.31. The molecule has 0 radical (unpaired) electrons. The van der Waals surface area contributed by atoms with E-state index in [9.17, 15) is 18.5 Å². The van der Waals surface area contributed by atoms with Crippen LogP contribution in [-0.2, 0) is 14.8 Å². The van der Waals surface area contributed by atoms with Crippen LogP contribution in [0.1, 0.15) is 0 Å². The molecule has 1 fully saturated rings. The molecule has 0 aliphatic carbocycles. The standard InChI is InChI=1S/C16H15ClN2O6S/c17-12-2-1-3-14(10-12)25-15-5-4-13(19(20)21)11-16(15)26(22,23)18-6-8-24-9-7-18/h1-5,10-11H,6-9H2. The van der Waals surface area contributed by atoms with Crippen LogP contribution in [0.4, 0.5) is 5.69 Å². The van der Waals surface area contributed by atoms with E-state index in [0.717, 1.165) is 6.07 Å². The lowest BCUT2D eigenvalue weighted by Crippen LogP contribution is -2.40. The predicted molar refractivity (Wildman–Crippen MR) is 94.2 cm³/mol. The Balaban J connectivity index is 2.05. The fraction of sp³-hybridized carbons (Fsp3) is 0.250. The second kappa shape index (κ2) is 7.58. The van der Waals surface area contributed by atoms with Crippen molar-refractivity contribution in [1.82, 2.24) is 4.31 Å². The van der Waals surface area contributed by atoms with Crippen molar-refractivity contribution in [2.45, 2.75) is 4.90 Å². The van der Waals surface area contributed by atoms with Crippen molar-refractivity contribution in [2.24, 2.45) is 0 Å². The highest BCUT2D eigenvalue weighted by molar-refractivity contribution is 7.89. The summed E-state index contributed by atoms with van der Waals surface area (Å²) >= 11 is 5.92. The zero-order chi connectivity index (χ0) is 18.7. The van der Waals surface area contributed by atoms with Crippen molar-refractivity contribution >= 4 is 27.3 Å². The Kier molecular flexibility index (Phi) is 5.42. The average molecular weight is 399 g/mol. The molecule has 0 spiro atoms. The number of nitro benzene ring substituents is 1. The zero-order valence-electron chi connectivity index (χ0n) is 13.5. The van der Waals surface area contributed by atoms with Crippen molar-refractivity contribution in [3.05, 3.63) is 57.6 Å². The van der Waals surface area contributed by atoms with Gasteiger partial charge in [-0.15, -0.1) is 0 Å². The molecular formula is C16H15ClN2O6S. The smallest absolute Gasteiger partial charge is 0.271 e. The first-order valence-corrected chi connectivity index (χ1v) is 9.49. The predicted octanol–water partition coefficient (Wildman–Crippen LogP) is 3.06. The number of hydrogen-bond acceptors (Lipinski definition) is 6. The molecular weight excluding hydrogens is 384 g/mol. The van der Waals surface area contributed by atoms with Crippen LogP contribution >= 0.6 is 11.6 Å². The Morgan fingerprint density at radius 2 is 1.88 bits per heavy atom. The lowest BCUT2D eigenvalue weighted by Gasteiger charge is -2.26. The van der Waals surface area contributed by atoms with Crippen molar-refractivity contribution < 1.29 is 22.8 Å². The third kappa shape index (κ3) is 3.96. The van der Waals surface area contributed by atoms with Crippen LogP contribution in [-0.4, -0.2) is 43.9 Å². The maximum absolute atomic E-state index is 13.0. The lowest BCUT2D eigenvalue weighted by molar-refractivity contribution is -0.385. The minimum Gasteiger partial charge on any atom is -0.456 e. The summed E-state index contributed by atoms with van der Waals surface area (Å²) < 4.78 is 38.0. The van der Waals surface area contributed by atoms with Gasteiger partial charge in [0, 0.05) is 30.2 Å². The van der Waals surface area contributed by atoms with Gasteiger partial charge in [0.15, 0.2) is 0 Å². The zero-order valence-corrected chi connectivity index (χ0v) is 15.1. The summed E-state index contributed by atoms with van der Waals surface area (Å²) in [6, 6.07) is 9.90. The number of non-ortho nitro benzene ring substituents is 1. The number of nitrogens with zero attached hydrogens (tertiary/aromatic N) is 2. The highest BCUT2D eigenvalue weighted by atomic mass is 35.5. The van der Waals surface area contributed by atoms with Gasteiger partial charge in [0.05, 0.1) is 18.1 Å². The van der Waals surface area contributed by atoms with E-state index in [2.05, 4.69) is 0 Å². The molecule has 1 saturated heterocycles. The van der Waals surface area contributed by atoms with Gasteiger partial charge in [-0.3, -0.25) is 10.1 Å². The van der Waals surface area contributed by atoms with E-state index in [1.165, 1.54) is 22.5 Å². The van der Waals surface area contributed by atoms with Crippen LogP contribution in [0.2, 0.25) is 5.02 Å². The summed E-state index contributed by atoms with van der Waals surface area (Å²) in [4.78, 5) is 10.2. The van der Waals surface area contributed by atoms with Gasteiger partial charge in [-0.25, -0.2) is 8.42 Å². The molecule has 1 aliphatic heterocycles. The van der Waals surface area contributed by atoms with Gasteiger partial charge in [-0.05, 0) is 24.3 Å². The van der Waals surface area contributed by atoms with Gasteiger partial charge in [0.1, 0.15) is 16.4 Å². The summed E-state index contributed by atoms with van der Waals surface area (Å²) in [7, 11) is -3.99. The summed E-state index contributed by atoms with van der Waals surface area (Å²) in [5.74, 6) is 0.314. The van der Waals surface area contributed by atoms with Crippen molar-refractivity contribution in [3.8, 4) is 11.5 Å². The number of halogens is 1. The third-order valence-electron chi connectivity index (χ3n) is 3.75. The molecule has 2 aromatic rings. The molecule has 1 aliphatic rings. The molecule has 3 rings (SSSR count). The normalized spacial score (nSPS) is 15.6. The minimum absolute atomic E-state index is 0.00985. The SMILES string of the molecule is O=[N+]([O-])c1ccc(Oc2cccc(Cl)c2)c(S(=O)(=O)N2CCOCC2)c1. The first-order valence-electron chi connectivity index (χ1n) is 7.68. The van der Waals surface area contributed by atoms with Crippen LogP contribution < -0.4 is 4.74 Å². The summed E-state index contributed by atoms with van der Waals surface area (Å²) in [5.41, 5.74) is -0.338. The second-order valence-corrected chi connectivity index (χ2v) is 7.81. The molecule has 1 heterocycles. The van der Waals surface area contributed by atoms with Crippen molar-refractivity contribution in [1.29, 1.82) is 0 Å². The van der Waals surface area contributed by atoms with E-state index in [1.807, 2.05) is 0 Å². The van der Waals surface area contributed by atoms with Crippen molar-refractivity contribution in [3.63, 3.8) is 0 Å². The van der Waals surface area contributed by atoms with Gasteiger partial charge in [0.25, 0.3) is 5.69 Å². The fourth-order valence-corrected chi connectivity index (χ4v) is 4.20. The average Bonchev–Trinajstić information content (AvgIpc) is 2.62. The minimum atomic E-state index is -3.99. The Morgan fingerprint density at radius 3 is 2.54 bits per heavy atom. The van der Waals surface area contributed by atoms with Crippen LogP contribution in [0, 0.1) is 10.1 Å². The van der Waals surface area contributed by atoms with Gasteiger partial charge in [-0.2, -0.15) is 4.31 Å². The monoisotopic (exact) mass is 398 g/mol. The molecule has 0 unspecified atom stereocenters. The van der Waals surface area contributed by atoms with Gasteiger partial charge in [-0.1, -0.05) is 17.7 Å². The molecule has 0 saturated carbocycles. The number of sulfonamides is 1. The van der Waals surface area contributed by atoms with Gasteiger partial charge in [0.2, 0.25) is 10.0 Å². The molecule has 2 aromatic carbocycles. The molecule has 0 aromatic heterocycles. The Labute approximate surface area is 155 Å². The maximum Gasteiger partial charge on any atom is 0.271 e. The second-order valence-electron chi connectivity index (χ2n) is 5.46. The summed E-state index contributed by atoms with van der Waals surface area (Å²) in [6.45, 7) is 0.862. The van der Waals surface area contributed by atoms with E-state index in [0.29, 0.717) is 10.8 Å². The summed E-state index contributed by atoms with van der Waals surface area (Å²) in [5, 5.41) is 11.5. The van der Waals surface area contributed by atoms with E-state index < -0.39 is 14.9 Å². The number of hydrogen-bond donors (Lipinski definition) is 0. The van der Waals surface area contributed by atoms with Crippen molar-refractivity contribution in [2.75, 3.05) is 26.3 Å². The number of benzene rings is 2. The maximum atomic E-state index is 13.0. The van der Waals surface area contributed by atoms with E-state index in [-0.39, 0.29) is 42.6 Å². The first kappa shape index (κ1) is 18.6. The van der Waals surface area contributed by atoms with E-state index >= 15 is 0 Å². The van der Waals surface area contributed by atoms with Crippen LogP contribution in [0.5, 0.6) is 11.5 Å². The van der Waals surface area contributed by atoms with Crippen LogP contribution in [0.3, 0.4) is 0 Å².